The van der Waals surface area contributed by atoms with E-state index in [4.69, 9.17) is 4.74 Å². The van der Waals surface area contributed by atoms with E-state index in [1.807, 2.05) is 54.6 Å². The summed E-state index contributed by atoms with van der Waals surface area (Å²) >= 11 is 0. The number of carbonyl (C=O) groups is 1. The second kappa shape index (κ2) is 7.38. The minimum Gasteiger partial charge on any atom is -0.389 e. The van der Waals surface area contributed by atoms with E-state index in [0.717, 1.165) is 16.5 Å². The highest BCUT2D eigenvalue weighted by atomic mass is 16.5. The number of rotatable bonds is 7. The Balaban J connectivity index is 1.65. The molecule has 124 valence electrons. The smallest absolute Gasteiger partial charge is 0.180 e. The molecule has 1 atom stereocenters. The number of ketones is 1. The van der Waals surface area contributed by atoms with Crippen LogP contribution >= 0.6 is 0 Å². The van der Waals surface area contributed by atoms with Gasteiger partial charge in [-0.05, 0) is 11.6 Å². The third kappa shape index (κ3) is 3.69. The maximum Gasteiger partial charge on any atom is 0.180 e. The number of Topliss-reactive ketones (excluding diaryl/α,β-unsaturated/α-hetero) is 1. The Morgan fingerprint density at radius 1 is 1.17 bits per heavy atom. The zero-order valence-electron chi connectivity index (χ0n) is 13.6. The molecule has 0 saturated heterocycles. The van der Waals surface area contributed by atoms with Gasteiger partial charge in [-0.3, -0.25) is 9.48 Å². The fourth-order valence-corrected chi connectivity index (χ4v) is 2.67. The highest BCUT2D eigenvalue weighted by Crippen LogP contribution is 2.19. The monoisotopic (exact) mass is 324 g/mol. The summed E-state index contributed by atoms with van der Waals surface area (Å²) in [5.74, 6) is -0.0835. The first-order valence-corrected chi connectivity index (χ1v) is 7.91. The minimum absolute atomic E-state index is 0.0835. The van der Waals surface area contributed by atoms with Crippen LogP contribution in [0.15, 0.2) is 54.6 Å². The third-order valence-corrected chi connectivity index (χ3v) is 3.80. The molecule has 1 heterocycles. The Labute approximate surface area is 140 Å². The van der Waals surface area contributed by atoms with E-state index < -0.39 is 6.10 Å². The van der Waals surface area contributed by atoms with E-state index in [0.29, 0.717) is 12.3 Å². The van der Waals surface area contributed by atoms with Crippen molar-refractivity contribution in [2.45, 2.75) is 26.2 Å². The Hall–Kier alpha value is -2.50. The van der Waals surface area contributed by atoms with Crippen LogP contribution < -0.4 is 0 Å². The molecule has 0 aliphatic rings. The van der Waals surface area contributed by atoms with Crippen molar-refractivity contribution in [3.8, 4) is 0 Å². The first-order chi connectivity index (χ1) is 11.6. The Morgan fingerprint density at radius 3 is 2.62 bits per heavy atom. The van der Waals surface area contributed by atoms with Crippen LogP contribution in [0.2, 0.25) is 0 Å². The van der Waals surface area contributed by atoms with Gasteiger partial charge in [0.2, 0.25) is 0 Å². The number of hydrogen-bond acceptors (Lipinski definition) is 4. The highest BCUT2D eigenvalue weighted by molar-refractivity contribution is 6.04. The SMILES string of the molecule is CC(=O)c1nn(CC(O)COCc2ccccc2)c2ccccc12. The predicted octanol–water partition coefficient (Wildman–Crippen LogP) is 2.82. The summed E-state index contributed by atoms with van der Waals surface area (Å²) in [6, 6.07) is 17.3. The number of fused-ring (bicyclic) bond motifs is 1. The Kier molecular flexibility index (Phi) is 5.03. The molecule has 0 radical (unpaired) electrons. The van der Waals surface area contributed by atoms with Crippen molar-refractivity contribution < 1.29 is 14.6 Å². The van der Waals surface area contributed by atoms with E-state index in [-0.39, 0.29) is 18.9 Å². The van der Waals surface area contributed by atoms with Gasteiger partial charge < -0.3 is 9.84 Å². The highest BCUT2D eigenvalue weighted by Gasteiger charge is 2.15. The van der Waals surface area contributed by atoms with Crippen molar-refractivity contribution in [3.63, 3.8) is 0 Å². The summed E-state index contributed by atoms with van der Waals surface area (Å²) in [5, 5.41) is 15.4. The van der Waals surface area contributed by atoms with Crippen LogP contribution in [0.4, 0.5) is 0 Å². The molecule has 5 nitrogen and oxygen atoms in total. The molecule has 5 heteroatoms. The van der Waals surface area contributed by atoms with Gasteiger partial charge in [0, 0.05) is 12.3 Å². The largest absolute Gasteiger partial charge is 0.389 e. The molecule has 3 aromatic rings. The van der Waals surface area contributed by atoms with Crippen LogP contribution in [-0.2, 0) is 17.9 Å². The fraction of sp³-hybridized carbons (Fsp3) is 0.263. The fourth-order valence-electron chi connectivity index (χ4n) is 2.67. The van der Waals surface area contributed by atoms with Crippen LogP contribution in [0.5, 0.6) is 0 Å². The van der Waals surface area contributed by atoms with Gasteiger partial charge >= 0.3 is 0 Å². The van der Waals surface area contributed by atoms with Gasteiger partial charge in [-0.15, -0.1) is 0 Å². The minimum atomic E-state index is -0.697. The summed E-state index contributed by atoms with van der Waals surface area (Å²) in [7, 11) is 0. The lowest BCUT2D eigenvalue weighted by molar-refractivity contribution is 0.0193. The first-order valence-electron chi connectivity index (χ1n) is 7.91. The van der Waals surface area contributed by atoms with E-state index >= 15 is 0 Å². The molecule has 0 aliphatic heterocycles. The lowest BCUT2D eigenvalue weighted by atomic mass is 10.2. The summed E-state index contributed by atoms with van der Waals surface area (Å²) in [4.78, 5) is 11.7. The summed E-state index contributed by atoms with van der Waals surface area (Å²) in [6.07, 6.45) is -0.697. The molecule has 0 spiro atoms. The maximum absolute atomic E-state index is 11.7. The second-order valence-electron chi connectivity index (χ2n) is 5.76. The van der Waals surface area contributed by atoms with Crippen LogP contribution in [0.1, 0.15) is 23.0 Å². The predicted molar refractivity (Wildman–Crippen MR) is 91.8 cm³/mol. The molecule has 0 amide bonds. The summed E-state index contributed by atoms with van der Waals surface area (Å²) < 4.78 is 7.23. The number of nitrogens with zero attached hydrogens (tertiary/aromatic N) is 2. The van der Waals surface area contributed by atoms with E-state index in [1.54, 1.807) is 4.68 Å². The molecular formula is C19H20N2O3. The second-order valence-corrected chi connectivity index (χ2v) is 5.76. The molecule has 3 rings (SSSR count). The van der Waals surface area contributed by atoms with Crippen molar-refractivity contribution in [1.82, 2.24) is 9.78 Å². The lowest BCUT2D eigenvalue weighted by Gasteiger charge is -2.12. The molecule has 1 unspecified atom stereocenters. The molecule has 24 heavy (non-hydrogen) atoms. The Morgan fingerprint density at radius 2 is 1.88 bits per heavy atom. The standard InChI is InChI=1S/C19H20N2O3/c1-14(22)19-17-9-5-6-10-18(17)21(20-19)11-16(23)13-24-12-15-7-3-2-4-8-15/h2-10,16,23H,11-13H2,1H3. The molecule has 0 aliphatic carbocycles. The topological polar surface area (TPSA) is 64.4 Å². The third-order valence-electron chi connectivity index (χ3n) is 3.80. The van der Waals surface area contributed by atoms with Crippen LogP contribution in [0, 0.1) is 0 Å². The molecular weight excluding hydrogens is 304 g/mol. The molecule has 0 bridgehead atoms. The molecule has 0 fully saturated rings. The van der Waals surface area contributed by atoms with Gasteiger partial charge in [0.15, 0.2) is 5.78 Å². The number of ether oxygens (including phenoxy) is 1. The summed E-state index contributed by atoms with van der Waals surface area (Å²) in [5.41, 5.74) is 2.33. The maximum atomic E-state index is 11.7. The Bertz CT molecular complexity index is 827. The van der Waals surface area contributed by atoms with Crippen molar-refractivity contribution in [1.29, 1.82) is 0 Å². The van der Waals surface area contributed by atoms with E-state index in [9.17, 15) is 9.90 Å². The number of benzene rings is 2. The van der Waals surface area contributed by atoms with Gasteiger partial charge in [-0.2, -0.15) is 5.10 Å². The van der Waals surface area contributed by atoms with Crippen molar-refractivity contribution in [2.24, 2.45) is 0 Å². The quantitative estimate of drug-likeness (QED) is 0.679. The molecule has 2 aromatic carbocycles. The van der Waals surface area contributed by atoms with Crippen molar-refractivity contribution in [2.75, 3.05) is 6.61 Å². The number of para-hydroxylation sites is 1. The number of aliphatic hydroxyl groups excluding tert-OH is 1. The lowest BCUT2D eigenvalue weighted by Crippen LogP contribution is -2.22. The van der Waals surface area contributed by atoms with Gasteiger partial charge in [0.05, 0.1) is 31.4 Å². The van der Waals surface area contributed by atoms with Crippen molar-refractivity contribution in [3.05, 3.63) is 65.9 Å². The van der Waals surface area contributed by atoms with Gasteiger partial charge in [0.1, 0.15) is 5.69 Å². The normalized spacial score (nSPS) is 12.4. The van der Waals surface area contributed by atoms with E-state index in [1.165, 1.54) is 6.92 Å². The first kappa shape index (κ1) is 16.4. The zero-order chi connectivity index (χ0) is 16.9. The number of hydrogen-bond donors (Lipinski definition) is 1. The summed E-state index contributed by atoms with van der Waals surface area (Å²) in [6.45, 7) is 2.44. The molecule has 0 saturated carbocycles. The average molecular weight is 324 g/mol. The zero-order valence-corrected chi connectivity index (χ0v) is 13.6. The molecule has 1 N–H and O–H groups in total. The number of carbonyl (C=O) groups excluding carboxylic acids is 1. The van der Waals surface area contributed by atoms with E-state index in [2.05, 4.69) is 5.10 Å². The van der Waals surface area contributed by atoms with Crippen LogP contribution in [-0.4, -0.2) is 33.4 Å². The van der Waals surface area contributed by atoms with Crippen molar-refractivity contribution >= 4 is 16.7 Å². The molecule has 1 aromatic heterocycles. The average Bonchev–Trinajstić information content (AvgIpc) is 2.95. The van der Waals surface area contributed by atoms with Crippen LogP contribution in [0.3, 0.4) is 0 Å². The van der Waals surface area contributed by atoms with Crippen LogP contribution in [0.25, 0.3) is 10.9 Å². The number of aromatic nitrogens is 2. The van der Waals surface area contributed by atoms with Gasteiger partial charge in [-0.1, -0.05) is 48.5 Å². The van der Waals surface area contributed by atoms with Gasteiger partial charge in [-0.25, -0.2) is 0 Å². The number of aliphatic hydroxyl groups is 1. The van der Waals surface area contributed by atoms with Gasteiger partial charge in [0.25, 0.3) is 0 Å².